The normalized spacial score (nSPS) is 18.5. The molecule has 2 heterocycles. The van der Waals surface area contributed by atoms with Gasteiger partial charge in [0, 0.05) is 29.5 Å². The molecule has 0 radical (unpaired) electrons. The van der Waals surface area contributed by atoms with E-state index in [1.165, 1.54) is 17.7 Å². The average molecular weight is 572 g/mol. The fraction of sp³-hybridized carbons (Fsp3) is 0.586. The molecule has 1 aromatic carbocycles. The highest BCUT2D eigenvalue weighted by molar-refractivity contribution is 6.83. The molecule has 3 N–H and O–H groups in total. The van der Waals surface area contributed by atoms with Crippen LogP contribution in [0.3, 0.4) is 0 Å². The topological polar surface area (TPSA) is 117 Å². The number of nitrogens with one attached hydrogen (secondary N) is 2. The van der Waals surface area contributed by atoms with Crippen molar-refractivity contribution in [3.8, 4) is 0 Å². The molecular weight excluding hydrogens is 529 g/mol. The lowest BCUT2D eigenvalue weighted by molar-refractivity contribution is -0.121. The summed E-state index contributed by atoms with van der Waals surface area (Å²) in [5, 5.41) is 20.6. The van der Waals surface area contributed by atoms with Crippen molar-refractivity contribution < 1.29 is 23.9 Å². The van der Waals surface area contributed by atoms with E-state index >= 15 is 0 Å². The van der Waals surface area contributed by atoms with Gasteiger partial charge in [-0.25, -0.2) is 9.18 Å². The van der Waals surface area contributed by atoms with Gasteiger partial charge in [0.15, 0.2) is 0 Å². The van der Waals surface area contributed by atoms with Crippen molar-refractivity contribution in [2.24, 2.45) is 0 Å². The van der Waals surface area contributed by atoms with Crippen LogP contribution in [0.25, 0.3) is 0 Å². The Morgan fingerprint density at radius 1 is 1.18 bits per heavy atom. The fourth-order valence-corrected chi connectivity index (χ4v) is 8.65. The second-order valence-electron chi connectivity index (χ2n) is 13.4. The van der Waals surface area contributed by atoms with Crippen LogP contribution >= 0.6 is 0 Å². The molecule has 0 unspecified atom stereocenters. The molecule has 0 saturated heterocycles. The lowest BCUT2D eigenvalue weighted by Gasteiger charge is -2.48. The molecule has 1 aromatic heterocycles. The third-order valence-electron chi connectivity index (χ3n) is 8.69. The first-order valence-electron chi connectivity index (χ1n) is 13.9. The number of rotatable bonds is 7. The van der Waals surface area contributed by atoms with Crippen LogP contribution in [0.15, 0.2) is 24.3 Å². The van der Waals surface area contributed by atoms with Gasteiger partial charge in [-0.05, 0) is 46.6 Å². The smallest absolute Gasteiger partial charge is 0.318 e. The van der Waals surface area contributed by atoms with E-state index in [9.17, 15) is 23.9 Å². The summed E-state index contributed by atoms with van der Waals surface area (Å²) in [5.41, 5.74) is -0.690. The van der Waals surface area contributed by atoms with Crippen molar-refractivity contribution in [1.29, 1.82) is 0 Å². The van der Waals surface area contributed by atoms with Crippen molar-refractivity contribution in [1.82, 2.24) is 20.0 Å². The zero-order valence-electron chi connectivity index (χ0n) is 24.8. The predicted octanol–water partition coefficient (Wildman–Crippen LogP) is 5.55. The maximum Gasteiger partial charge on any atom is 0.318 e. The molecule has 2 aromatic rings. The van der Waals surface area contributed by atoms with Gasteiger partial charge in [0.1, 0.15) is 11.6 Å². The maximum atomic E-state index is 14.7. The molecule has 40 heavy (non-hydrogen) atoms. The largest absolute Gasteiger partial charge is 0.390 e. The van der Waals surface area contributed by atoms with Gasteiger partial charge in [-0.2, -0.15) is 9.78 Å². The van der Waals surface area contributed by atoms with Crippen molar-refractivity contribution in [3.63, 3.8) is 0 Å². The van der Waals surface area contributed by atoms with Gasteiger partial charge in [-0.15, -0.1) is 0 Å². The van der Waals surface area contributed by atoms with Gasteiger partial charge in [-0.1, -0.05) is 44.3 Å². The van der Waals surface area contributed by atoms with Crippen molar-refractivity contribution in [3.05, 3.63) is 46.9 Å². The van der Waals surface area contributed by atoms with Crippen LogP contribution in [0, 0.1) is 5.82 Å². The lowest BCUT2D eigenvalue weighted by atomic mass is 9.83. The minimum Gasteiger partial charge on any atom is -0.390 e. The number of carbonyl (C=O) groups is 3. The monoisotopic (exact) mass is 571 g/mol. The first kappa shape index (κ1) is 29.9. The van der Waals surface area contributed by atoms with Crippen LogP contribution in [0.4, 0.5) is 15.0 Å². The SMILES string of the molecule is CC(=O)n1nc2c(c1NC(=O)C1([Si](C)(C)C)CCC1)CN(C(=O)N[C@H](CC(C)(C)O)c1ccccc1F)C2(C)C. The number of carbonyl (C=O) groups excluding carboxylic acids is 3. The highest BCUT2D eigenvalue weighted by Gasteiger charge is 2.54. The van der Waals surface area contributed by atoms with Crippen LogP contribution < -0.4 is 10.6 Å². The number of fused-ring (bicyclic) bond motifs is 1. The summed E-state index contributed by atoms with van der Waals surface area (Å²) in [4.78, 5) is 41.6. The van der Waals surface area contributed by atoms with Crippen molar-refractivity contribution >= 4 is 31.7 Å². The summed E-state index contributed by atoms with van der Waals surface area (Å²) in [5.74, 6) is -0.593. The van der Waals surface area contributed by atoms with Gasteiger partial charge < -0.3 is 20.6 Å². The van der Waals surface area contributed by atoms with Crippen LogP contribution in [0.2, 0.25) is 24.7 Å². The van der Waals surface area contributed by atoms with Crippen molar-refractivity contribution in [2.75, 3.05) is 5.32 Å². The zero-order valence-corrected chi connectivity index (χ0v) is 25.8. The van der Waals surface area contributed by atoms with Gasteiger partial charge >= 0.3 is 6.03 Å². The number of urea groups is 1. The molecule has 1 aliphatic heterocycles. The van der Waals surface area contributed by atoms with Crippen LogP contribution in [0.5, 0.6) is 0 Å². The zero-order chi connectivity index (χ0) is 29.8. The van der Waals surface area contributed by atoms with E-state index in [0.717, 1.165) is 19.3 Å². The Hall–Kier alpha value is -3.05. The molecule has 0 spiro atoms. The van der Waals surface area contributed by atoms with Gasteiger partial charge in [-0.3, -0.25) is 9.59 Å². The average Bonchev–Trinajstić information content (AvgIpc) is 3.25. The summed E-state index contributed by atoms with van der Waals surface area (Å²) in [6, 6.07) is 4.92. The summed E-state index contributed by atoms with van der Waals surface area (Å²) in [6.07, 6.45) is 2.74. The van der Waals surface area contributed by atoms with E-state index < -0.39 is 42.1 Å². The van der Waals surface area contributed by atoms with Gasteiger partial charge in [0.05, 0.1) is 37.5 Å². The molecule has 3 amide bonds. The molecule has 1 saturated carbocycles. The summed E-state index contributed by atoms with van der Waals surface area (Å²) in [6.45, 7) is 14.9. The summed E-state index contributed by atoms with van der Waals surface area (Å²) < 4.78 is 16.0. The number of hydrogen-bond acceptors (Lipinski definition) is 5. The number of anilines is 1. The lowest BCUT2D eigenvalue weighted by Crippen LogP contribution is -2.52. The quantitative estimate of drug-likeness (QED) is 0.377. The number of hydrogen-bond donors (Lipinski definition) is 3. The maximum absolute atomic E-state index is 14.7. The van der Waals surface area contributed by atoms with Crippen LogP contribution in [-0.4, -0.2) is 51.3 Å². The fourth-order valence-electron chi connectivity index (χ4n) is 6.06. The van der Waals surface area contributed by atoms with E-state index in [1.54, 1.807) is 36.9 Å². The Kier molecular flexibility index (Phi) is 7.55. The Labute approximate surface area is 236 Å². The molecule has 1 atom stereocenters. The summed E-state index contributed by atoms with van der Waals surface area (Å²) in [7, 11) is -1.88. The van der Waals surface area contributed by atoms with Gasteiger partial charge in [0.25, 0.3) is 0 Å². The van der Waals surface area contributed by atoms with Crippen LogP contribution in [-0.2, 0) is 16.9 Å². The number of benzene rings is 1. The second kappa shape index (κ2) is 10.1. The molecule has 9 nitrogen and oxygen atoms in total. The van der Waals surface area contributed by atoms with E-state index in [0.29, 0.717) is 17.1 Å². The Balaban J connectivity index is 1.66. The number of aromatic nitrogens is 2. The molecule has 4 rings (SSSR count). The standard InChI is InChI=1S/C29H42FN5O4Si/c1-18(36)35-24(32-25(37)29(14-11-15-29)40(6,7)8)20-17-34(28(4,5)23(20)33-35)26(38)31-22(16-27(2,3)39)19-12-9-10-13-21(19)30/h9-10,12-13,22,39H,11,14-17H2,1-8H3,(H,31,38)(H,32,37)/t22-/m1/s1. The number of nitrogens with zero attached hydrogens (tertiary/aromatic N) is 3. The molecular formula is C29H42FN5O4Si. The first-order chi connectivity index (χ1) is 18.4. The summed E-state index contributed by atoms with van der Waals surface area (Å²) >= 11 is 0. The number of amides is 3. The van der Waals surface area contributed by atoms with Crippen molar-refractivity contribution in [2.45, 2.75) is 109 Å². The Morgan fingerprint density at radius 2 is 1.80 bits per heavy atom. The molecule has 2 aliphatic rings. The Morgan fingerprint density at radius 3 is 2.30 bits per heavy atom. The molecule has 218 valence electrons. The number of halogens is 1. The van der Waals surface area contributed by atoms with E-state index in [4.69, 9.17) is 0 Å². The first-order valence-corrected chi connectivity index (χ1v) is 17.4. The molecule has 1 aliphatic carbocycles. The van der Waals surface area contributed by atoms with E-state index in [1.807, 2.05) is 13.8 Å². The molecule has 1 fully saturated rings. The highest BCUT2D eigenvalue weighted by Crippen LogP contribution is 2.56. The third-order valence-corrected chi connectivity index (χ3v) is 12.3. The second-order valence-corrected chi connectivity index (χ2v) is 18.9. The molecule has 0 bridgehead atoms. The minimum atomic E-state index is -1.88. The molecule has 11 heteroatoms. The number of aliphatic hydroxyl groups is 1. The predicted molar refractivity (Wildman–Crippen MR) is 154 cm³/mol. The highest BCUT2D eigenvalue weighted by atomic mass is 28.3. The van der Waals surface area contributed by atoms with Gasteiger partial charge in [0.2, 0.25) is 11.8 Å². The van der Waals surface area contributed by atoms with Crippen LogP contribution in [0.1, 0.15) is 88.0 Å². The van der Waals surface area contributed by atoms with E-state index in [-0.39, 0.29) is 30.3 Å². The van der Waals surface area contributed by atoms with E-state index in [2.05, 4.69) is 35.4 Å². The third kappa shape index (κ3) is 5.21. The Bertz CT molecular complexity index is 1340. The minimum absolute atomic E-state index is 0.0892.